The van der Waals surface area contributed by atoms with Crippen LogP contribution in [0.3, 0.4) is 0 Å². The van der Waals surface area contributed by atoms with Crippen molar-refractivity contribution in [2.24, 2.45) is 0 Å². The number of hydrogen-bond donors (Lipinski definition) is 0. The van der Waals surface area contributed by atoms with Crippen LogP contribution in [0.2, 0.25) is 0 Å². The number of Topliss-reactive ketones (excluding diaryl/α,β-unsaturated/α-hetero) is 1. The highest BCUT2D eigenvalue weighted by atomic mass is 19.1. The van der Waals surface area contributed by atoms with Crippen molar-refractivity contribution in [1.29, 1.82) is 0 Å². The Bertz CT molecular complexity index is 445. The molecule has 0 saturated carbocycles. The minimum Gasteiger partial charge on any atom is -0.497 e. The number of carbonyl (C=O) groups is 1. The molecule has 1 saturated heterocycles. The van der Waals surface area contributed by atoms with Crippen molar-refractivity contribution in [1.82, 2.24) is 0 Å². The van der Waals surface area contributed by atoms with Gasteiger partial charge in [0.05, 0.1) is 18.8 Å². The van der Waals surface area contributed by atoms with Gasteiger partial charge in [0.25, 0.3) is 0 Å². The lowest BCUT2D eigenvalue weighted by Gasteiger charge is -2.10. The summed E-state index contributed by atoms with van der Waals surface area (Å²) in [6.07, 6.45) is 2.51. The smallest absolute Gasteiger partial charge is 0.168 e. The molecule has 104 valence electrons. The summed E-state index contributed by atoms with van der Waals surface area (Å²) in [6, 6.07) is 2.03. The lowest BCUT2D eigenvalue weighted by molar-refractivity contribution is 0.0853. The molecule has 2 rings (SSSR count). The van der Waals surface area contributed by atoms with Gasteiger partial charge < -0.3 is 9.47 Å². The average molecular weight is 270 g/mol. The van der Waals surface area contributed by atoms with Gasteiger partial charge in [0.1, 0.15) is 17.4 Å². The predicted octanol–water partition coefficient (Wildman–Crippen LogP) is 3.12. The van der Waals surface area contributed by atoms with Crippen LogP contribution in [0, 0.1) is 11.6 Å². The predicted molar refractivity (Wildman–Crippen MR) is 65.4 cm³/mol. The molecule has 1 atom stereocenters. The zero-order chi connectivity index (χ0) is 13.8. The fraction of sp³-hybridized carbons (Fsp3) is 0.500. The largest absolute Gasteiger partial charge is 0.497 e. The molecule has 3 nitrogen and oxygen atoms in total. The van der Waals surface area contributed by atoms with Crippen LogP contribution >= 0.6 is 0 Å². The molecule has 1 fully saturated rings. The standard InChI is InChI=1S/C14H16F2O3/c1-18-10-7-11(15)14(12(16)8-10)13(17)5-4-9-3-2-6-19-9/h7-9H,2-6H2,1H3. The molecule has 19 heavy (non-hydrogen) atoms. The van der Waals surface area contributed by atoms with E-state index in [-0.39, 0.29) is 18.3 Å². The fourth-order valence-corrected chi connectivity index (χ4v) is 2.22. The van der Waals surface area contributed by atoms with Crippen molar-refractivity contribution in [3.8, 4) is 5.75 Å². The summed E-state index contributed by atoms with van der Waals surface area (Å²) < 4.78 is 37.5. The number of ketones is 1. The Kier molecular flexibility index (Phi) is 4.47. The average Bonchev–Trinajstić information content (AvgIpc) is 2.88. The van der Waals surface area contributed by atoms with E-state index in [1.54, 1.807) is 0 Å². The van der Waals surface area contributed by atoms with Crippen LogP contribution in [-0.4, -0.2) is 25.6 Å². The van der Waals surface area contributed by atoms with Gasteiger partial charge in [0.15, 0.2) is 5.78 Å². The monoisotopic (exact) mass is 270 g/mol. The molecule has 1 unspecified atom stereocenters. The molecular weight excluding hydrogens is 254 g/mol. The summed E-state index contributed by atoms with van der Waals surface area (Å²) in [6.45, 7) is 0.699. The Hall–Kier alpha value is -1.49. The highest BCUT2D eigenvalue weighted by Crippen LogP contribution is 2.23. The van der Waals surface area contributed by atoms with Crippen LogP contribution in [0.5, 0.6) is 5.75 Å². The summed E-state index contributed by atoms with van der Waals surface area (Å²) in [5, 5.41) is 0. The zero-order valence-corrected chi connectivity index (χ0v) is 10.7. The number of halogens is 2. The summed E-state index contributed by atoms with van der Waals surface area (Å²) in [5.74, 6) is -2.23. The fourth-order valence-electron chi connectivity index (χ4n) is 2.22. The second kappa shape index (κ2) is 6.10. The van der Waals surface area contributed by atoms with Gasteiger partial charge in [-0.15, -0.1) is 0 Å². The quantitative estimate of drug-likeness (QED) is 0.771. The van der Waals surface area contributed by atoms with Crippen LogP contribution in [0.25, 0.3) is 0 Å². The van der Waals surface area contributed by atoms with Crippen molar-refractivity contribution < 1.29 is 23.0 Å². The Morgan fingerprint density at radius 2 is 2.11 bits per heavy atom. The second-order valence-corrected chi connectivity index (χ2v) is 4.56. The molecule has 0 amide bonds. The zero-order valence-electron chi connectivity index (χ0n) is 10.7. The molecule has 5 heteroatoms. The Morgan fingerprint density at radius 1 is 1.42 bits per heavy atom. The number of methoxy groups -OCH3 is 1. The maximum Gasteiger partial charge on any atom is 0.168 e. The van der Waals surface area contributed by atoms with Crippen LogP contribution in [0.15, 0.2) is 12.1 Å². The molecule has 1 aromatic rings. The van der Waals surface area contributed by atoms with Gasteiger partial charge in [0.2, 0.25) is 0 Å². The van der Waals surface area contributed by atoms with Gasteiger partial charge >= 0.3 is 0 Å². The Labute approximate surface area is 110 Å². The van der Waals surface area contributed by atoms with Gasteiger partial charge in [-0.2, -0.15) is 0 Å². The summed E-state index contributed by atoms with van der Waals surface area (Å²) in [5.41, 5.74) is -0.487. The third-order valence-electron chi connectivity index (χ3n) is 3.25. The second-order valence-electron chi connectivity index (χ2n) is 4.56. The number of carbonyl (C=O) groups excluding carboxylic acids is 1. The van der Waals surface area contributed by atoms with Crippen molar-refractivity contribution in [2.75, 3.05) is 13.7 Å². The molecule has 0 aromatic heterocycles. The Morgan fingerprint density at radius 3 is 2.63 bits per heavy atom. The number of benzene rings is 1. The van der Waals surface area contributed by atoms with Gasteiger partial charge in [0, 0.05) is 25.2 Å². The minimum absolute atomic E-state index is 0.0355. The Balaban J connectivity index is 2.05. The molecule has 1 aliphatic rings. The van der Waals surface area contributed by atoms with E-state index in [1.807, 2.05) is 0 Å². The number of rotatable bonds is 5. The molecule has 0 radical (unpaired) electrons. The molecular formula is C14H16F2O3. The maximum atomic E-state index is 13.7. The first kappa shape index (κ1) is 13.9. The van der Waals surface area contributed by atoms with Crippen LogP contribution in [-0.2, 0) is 4.74 Å². The van der Waals surface area contributed by atoms with Crippen LogP contribution in [0.1, 0.15) is 36.0 Å². The minimum atomic E-state index is -0.880. The molecule has 0 aliphatic carbocycles. The van der Waals surface area contributed by atoms with Gasteiger partial charge in [-0.1, -0.05) is 0 Å². The highest BCUT2D eigenvalue weighted by Gasteiger charge is 2.22. The van der Waals surface area contributed by atoms with E-state index in [2.05, 4.69) is 0 Å². The number of ether oxygens (including phenoxy) is 2. The highest BCUT2D eigenvalue weighted by molar-refractivity contribution is 5.96. The third kappa shape index (κ3) is 3.29. The van der Waals surface area contributed by atoms with Crippen molar-refractivity contribution in [3.63, 3.8) is 0 Å². The van der Waals surface area contributed by atoms with Crippen molar-refractivity contribution >= 4 is 5.78 Å². The SMILES string of the molecule is COc1cc(F)c(C(=O)CCC2CCCO2)c(F)c1. The third-order valence-corrected chi connectivity index (χ3v) is 3.25. The summed E-state index contributed by atoms with van der Waals surface area (Å²) in [4.78, 5) is 11.9. The van der Waals surface area contributed by atoms with Gasteiger partial charge in [-0.25, -0.2) is 8.78 Å². The van der Waals surface area contributed by atoms with Crippen molar-refractivity contribution in [2.45, 2.75) is 31.8 Å². The van der Waals surface area contributed by atoms with E-state index in [0.717, 1.165) is 25.0 Å². The molecule has 1 aromatic carbocycles. The van der Waals surface area contributed by atoms with E-state index in [9.17, 15) is 13.6 Å². The molecule has 1 aliphatic heterocycles. The first-order valence-electron chi connectivity index (χ1n) is 6.29. The normalized spacial score (nSPS) is 18.6. The topological polar surface area (TPSA) is 35.5 Å². The summed E-state index contributed by atoms with van der Waals surface area (Å²) in [7, 11) is 1.31. The van der Waals surface area contributed by atoms with Gasteiger partial charge in [-0.05, 0) is 19.3 Å². The first-order chi connectivity index (χ1) is 9.11. The lowest BCUT2D eigenvalue weighted by Crippen LogP contribution is -2.11. The molecule has 0 N–H and O–H groups in total. The van der Waals surface area contributed by atoms with E-state index >= 15 is 0 Å². The summed E-state index contributed by atoms with van der Waals surface area (Å²) >= 11 is 0. The van der Waals surface area contributed by atoms with E-state index in [1.165, 1.54) is 7.11 Å². The first-order valence-corrected chi connectivity index (χ1v) is 6.29. The van der Waals surface area contributed by atoms with E-state index < -0.39 is 23.0 Å². The number of hydrogen-bond acceptors (Lipinski definition) is 3. The molecule has 1 heterocycles. The van der Waals surface area contributed by atoms with E-state index in [0.29, 0.717) is 13.0 Å². The molecule has 0 spiro atoms. The van der Waals surface area contributed by atoms with Crippen molar-refractivity contribution in [3.05, 3.63) is 29.3 Å². The lowest BCUT2D eigenvalue weighted by atomic mass is 10.0. The molecule has 0 bridgehead atoms. The maximum absolute atomic E-state index is 13.7. The van der Waals surface area contributed by atoms with E-state index in [4.69, 9.17) is 9.47 Å². The van der Waals surface area contributed by atoms with Crippen LogP contribution in [0.4, 0.5) is 8.78 Å². The van der Waals surface area contributed by atoms with Gasteiger partial charge in [-0.3, -0.25) is 4.79 Å². The van der Waals surface area contributed by atoms with Crippen LogP contribution < -0.4 is 4.74 Å².